The molecule has 0 aromatic heterocycles. The van der Waals surface area contributed by atoms with Gasteiger partial charge in [0, 0.05) is 6.42 Å². The number of benzene rings is 1. The molecule has 1 aromatic carbocycles. The lowest BCUT2D eigenvalue weighted by atomic mass is 9.72. The molecule has 0 unspecified atom stereocenters. The minimum Gasteiger partial charge on any atom is -0.534 e. The van der Waals surface area contributed by atoms with Crippen molar-refractivity contribution in [2.75, 3.05) is 6.79 Å². The maximum absolute atomic E-state index is 12.5. The van der Waals surface area contributed by atoms with Crippen LogP contribution in [0, 0.1) is 5.41 Å². The molecule has 0 fully saturated rings. The van der Waals surface area contributed by atoms with E-state index in [4.69, 9.17) is 14.1 Å². The maximum Gasteiger partial charge on any atom is 0.547 e. The molecule has 32 heavy (non-hydrogen) atoms. The summed E-state index contributed by atoms with van der Waals surface area (Å²) in [7, 11) is -1.32. The number of hydrogen-bond donors (Lipinski definition) is 2. The molecule has 1 heterocycles. The number of fused-ring (bicyclic) bond motifs is 1. The van der Waals surface area contributed by atoms with E-state index in [1.807, 2.05) is 0 Å². The van der Waals surface area contributed by atoms with Crippen LogP contribution in [0.2, 0.25) is 0 Å². The number of carbonyl (C=O) groups is 3. The van der Waals surface area contributed by atoms with Crippen molar-refractivity contribution < 1.29 is 33.5 Å². The molecule has 2 rings (SSSR count). The summed E-state index contributed by atoms with van der Waals surface area (Å²) in [6.45, 7) is 10.8. The fourth-order valence-electron chi connectivity index (χ4n) is 3.05. The number of para-hydroxylation sites is 1. The van der Waals surface area contributed by atoms with Crippen molar-refractivity contribution >= 4 is 25.0 Å². The number of nitrogens with one attached hydrogen (secondary N) is 1. The number of carbonyl (C=O) groups excluding carboxylic acids is 3. The van der Waals surface area contributed by atoms with Crippen molar-refractivity contribution in [2.45, 2.75) is 52.9 Å². The monoisotopic (exact) mass is 443 g/mol. The Hall–Kier alpha value is -3.07. The Morgan fingerprint density at radius 1 is 1.31 bits per heavy atom. The summed E-state index contributed by atoms with van der Waals surface area (Å²) >= 11 is 0. The second kappa shape index (κ2) is 11.0. The average molecular weight is 443 g/mol. The van der Waals surface area contributed by atoms with E-state index in [2.05, 4.69) is 32.7 Å². The molecular formula is C23H30BNO7. The number of amides is 1. The van der Waals surface area contributed by atoms with Crippen LogP contribution in [0.5, 0.6) is 5.75 Å². The molecule has 0 spiro atoms. The summed E-state index contributed by atoms with van der Waals surface area (Å²) in [6.07, 6.45) is 4.45. The van der Waals surface area contributed by atoms with Gasteiger partial charge in [0.15, 0.2) is 0 Å². The Morgan fingerprint density at radius 2 is 2.03 bits per heavy atom. The standard InChI is InChI=1S/C23H30BNO7/c1-6-8-15(2)21(27)30-14-31-22(28)17-10-7-9-16-13-18(24(29)32-20(16)17)25-19(26)11-12-23(3,4)5/h6-10,18,29H,2,11-14H2,1,3-5H3,(H,25,26)/b8-6-/t18-/m0/s1. The lowest BCUT2D eigenvalue weighted by molar-refractivity contribution is -0.147. The predicted molar refractivity (Wildman–Crippen MR) is 120 cm³/mol. The van der Waals surface area contributed by atoms with Crippen LogP contribution in [-0.2, 0) is 25.5 Å². The number of hydrogen-bond acceptors (Lipinski definition) is 7. The van der Waals surface area contributed by atoms with Crippen LogP contribution in [0.4, 0.5) is 0 Å². The van der Waals surface area contributed by atoms with E-state index in [0.717, 1.165) is 0 Å². The topological polar surface area (TPSA) is 111 Å². The fourth-order valence-corrected chi connectivity index (χ4v) is 3.05. The molecule has 0 aliphatic carbocycles. The van der Waals surface area contributed by atoms with Gasteiger partial charge in [-0.05, 0) is 36.8 Å². The molecule has 1 atom stereocenters. The Morgan fingerprint density at radius 3 is 2.69 bits per heavy atom. The largest absolute Gasteiger partial charge is 0.547 e. The molecule has 2 N–H and O–H groups in total. The minimum absolute atomic E-state index is 0.0230. The zero-order chi connectivity index (χ0) is 23.9. The van der Waals surface area contributed by atoms with Crippen LogP contribution in [0.25, 0.3) is 0 Å². The fraction of sp³-hybridized carbons (Fsp3) is 0.435. The van der Waals surface area contributed by atoms with Gasteiger partial charge in [-0.1, -0.05) is 51.6 Å². The van der Waals surface area contributed by atoms with Crippen molar-refractivity contribution in [3.63, 3.8) is 0 Å². The molecular weight excluding hydrogens is 413 g/mol. The highest BCUT2D eigenvalue weighted by Crippen LogP contribution is 2.31. The van der Waals surface area contributed by atoms with Gasteiger partial charge in [0.05, 0.1) is 11.5 Å². The van der Waals surface area contributed by atoms with Gasteiger partial charge in [0.2, 0.25) is 12.7 Å². The minimum atomic E-state index is -1.32. The summed E-state index contributed by atoms with van der Waals surface area (Å²) in [5.74, 6) is -2.11. The molecule has 172 valence electrons. The molecule has 8 nitrogen and oxygen atoms in total. The molecule has 0 radical (unpaired) electrons. The van der Waals surface area contributed by atoms with Gasteiger partial charge >= 0.3 is 19.1 Å². The van der Waals surface area contributed by atoms with E-state index in [1.165, 1.54) is 12.1 Å². The number of allylic oxidation sites excluding steroid dienone is 1. The van der Waals surface area contributed by atoms with Crippen LogP contribution in [-0.4, -0.2) is 42.7 Å². The van der Waals surface area contributed by atoms with Crippen LogP contribution < -0.4 is 9.97 Å². The molecule has 9 heteroatoms. The Bertz CT molecular complexity index is 904. The second-order valence-corrected chi connectivity index (χ2v) is 8.75. The Kier molecular flexibility index (Phi) is 8.66. The lowest BCUT2D eigenvalue weighted by Gasteiger charge is -2.29. The van der Waals surface area contributed by atoms with Gasteiger partial charge in [-0.2, -0.15) is 0 Å². The summed E-state index contributed by atoms with van der Waals surface area (Å²) in [5, 5.41) is 13.2. The van der Waals surface area contributed by atoms with Crippen LogP contribution in [0.3, 0.4) is 0 Å². The Labute approximate surface area is 188 Å². The van der Waals surface area contributed by atoms with Crippen LogP contribution >= 0.6 is 0 Å². The molecule has 1 aliphatic heterocycles. The van der Waals surface area contributed by atoms with Crippen molar-refractivity contribution in [3.05, 3.63) is 53.6 Å². The maximum atomic E-state index is 12.5. The van der Waals surface area contributed by atoms with Crippen molar-refractivity contribution in [2.24, 2.45) is 5.41 Å². The first-order chi connectivity index (χ1) is 15.0. The smallest absolute Gasteiger partial charge is 0.534 e. The number of rotatable bonds is 8. The molecule has 0 saturated carbocycles. The van der Waals surface area contributed by atoms with Crippen molar-refractivity contribution in [1.29, 1.82) is 0 Å². The van der Waals surface area contributed by atoms with Crippen LogP contribution in [0.1, 0.15) is 56.5 Å². The molecule has 1 aliphatic rings. The van der Waals surface area contributed by atoms with E-state index in [1.54, 1.807) is 25.1 Å². The third kappa shape index (κ3) is 7.27. The first-order valence-electron chi connectivity index (χ1n) is 10.4. The number of esters is 2. The SMILES string of the molecule is C=C(/C=C\C)C(=O)OCOC(=O)c1cccc2c1OB(O)[C@@H](NC(=O)CCC(C)(C)C)C2. The van der Waals surface area contributed by atoms with E-state index in [9.17, 15) is 19.4 Å². The van der Waals surface area contributed by atoms with Gasteiger partial charge in [-0.25, -0.2) is 9.59 Å². The summed E-state index contributed by atoms with van der Waals surface area (Å²) in [5.41, 5.74) is 0.879. The zero-order valence-corrected chi connectivity index (χ0v) is 19.0. The molecule has 0 bridgehead atoms. The summed E-state index contributed by atoms with van der Waals surface area (Å²) in [6, 6.07) is 4.87. The van der Waals surface area contributed by atoms with Gasteiger partial charge in [0.25, 0.3) is 0 Å². The van der Waals surface area contributed by atoms with Gasteiger partial charge in [0.1, 0.15) is 11.3 Å². The second-order valence-electron chi connectivity index (χ2n) is 8.75. The normalized spacial score (nSPS) is 15.5. The summed E-state index contributed by atoms with van der Waals surface area (Å²) < 4.78 is 15.4. The van der Waals surface area contributed by atoms with Crippen molar-refractivity contribution in [3.8, 4) is 5.75 Å². The number of ether oxygens (including phenoxy) is 2. The van der Waals surface area contributed by atoms with Gasteiger partial charge in [-0.3, -0.25) is 4.79 Å². The molecule has 0 saturated heterocycles. The molecule has 1 amide bonds. The van der Waals surface area contributed by atoms with E-state index in [0.29, 0.717) is 18.4 Å². The van der Waals surface area contributed by atoms with Crippen LogP contribution in [0.15, 0.2) is 42.5 Å². The highest BCUT2D eigenvalue weighted by molar-refractivity contribution is 6.47. The zero-order valence-electron chi connectivity index (χ0n) is 19.0. The summed E-state index contributed by atoms with van der Waals surface area (Å²) in [4.78, 5) is 36.4. The lowest BCUT2D eigenvalue weighted by Crippen LogP contribution is -2.53. The Balaban J connectivity index is 1.99. The quantitative estimate of drug-likeness (QED) is 0.209. The molecule has 1 aromatic rings. The van der Waals surface area contributed by atoms with E-state index < -0.39 is 31.8 Å². The first kappa shape index (κ1) is 25.2. The third-order valence-corrected chi connectivity index (χ3v) is 4.80. The average Bonchev–Trinajstić information content (AvgIpc) is 2.72. The van der Waals surface area contributed by atoms with Gasteiger partial charge in [-0.15, -0.1) is 0 Å². The highest BCUT2D eigenvalue weighted by Gasteiger charge is 2.38. The predicted octanol–water partition coefficient (Wildman–Crippen LogP) is 2.74. The van der Waals surface area contributed by atoms with Crippen molar-refractivity contribution in [1.82, 2.24) is 5.32 Å². The van der Waals surface area contributed by atoms with E-state index >= 15 is 0 Å². The first-order valence-corrected chi connectivity index (χ1v) is 10.4. The third-order valence-electron chi connectivity index (χ3n) is 4.80. The highest BCUT2D eigenvalue weighted by atomic mass is 16.7. The van der Waals surface area contributed by atoms with Gasteiger partial charge < -0.3 is 24.5 Å². The van der Waals surface area contributed by atoms with E-state index in [-0.39, 0.29) is 34.6 Å².